The number of benzene rings is 1. The monoisotopic (exact) mass is 472 g/mol. The number of hydrogen-bond acceptors (Lipinski definition) is 2. The first-order chi connectivity index (χ1) is 12.6. The van der Waals surface area contributed by atoms with Gasteiger partial charge in [0.1, 0.15) is 5.82 Å². The molecule has 0 bridgehead atoms. The molecular formula is C18H25Cl2F7N2. The summed E-state index contributed by atoms with van der Waals surface area (Å²) in [7, 11) is 0. The number of halogens is 9. The van der Waals surface area contributed by atoms with Crippen molar-refractivity contribution in [2.75, 3.05) is 26.2 Å². The molecule has 1 aliphatic rings. The molecule has 11 heteroatoms. The Balaban J connectivity index is 0.00000392. The normalized spacial score (nSPS) is 16.7. The van der Waals surface area contributed by atoms with E-state index in [1.165, 1.54) is 0 Å². The van der Waals surface area contributed by atoms with E-state index < -0.39 is 40.9 Å². The minimum absolute atomic E-state index is 0. The maximum Gasteiger partial charge on any atom is 0.416 e. The lowest BCUT2D eigenvalue weighted by Crippen LogP contribution is -2.45. The third-order valence-corrected chi connectivity index (χ3v) is 4.77. The van der Waals surface area contributed by atoms with Gasteiger partial charge >= 0.3 is 12.4 Å². The van der Waals surface area contributed by atoms with Crippen LogP contribution in [0.5, 0.6) is 0 Å². The number of rotatable bonds is 6. The summed E-state index contributed by atoms with van der Waals surface area (Å²) in [5.74, 6) is -1.45. The first-order valence-corrected chi connectivity index (χ1v) is 8.98. The standard InChI is InChI=1S/C18H23F7N2.2ClH/c1-2-3-4-5-15(27-8-6-26-7-9-27)16-13(18(23,24)25)10-12(11-14(16)19)17(20,21)22;;/h10-11,15,26H,2-9H2,1H3;2*1H/t15-;;/m1../s1. The lowest BCUT2D eigenvalue weighted by atomic mass is 9.91. The number of nitrogens with zero attached hydrogens (tertiary/aromatic N) is 1. The Hall–Kier alpha value is -0.770. The second-order valence-electron chi connectivity index (χ2n) is 6.71. The number of piperazine rings is 1. The zero-order valence-electron chi connectivity index (χ0n) is 15.8. The van der Waals surface area contributed by atoms with Crippen LogP contribution in [-0.2, 0) is 12.4 Å². The highest BCUT2D eigenvalue weighted by Gasteiger charge is 2.42. The van der Waals surface area contributed by atoms with Gasteiger partial charge in [-0.15, -0.1) is 24.8 Å². The summed E-state index contributed by atoms with van der Waals surface area (Å²) in [6.45, 7) is 3.82. The highest BCUT2D eigenvalue weighted by Crippen LogP contribution is 2.43. The Kier molecular flexibility index (Phi) is 11.3. The maximum atomic E-state index is 14.6. The maximum absolute atomic E-state index is 14.6. The van der Waals surface area contributed by atoms with Crippen LogP contribution < -0.4 is 5.32 Å². The molecule has 1 aromatic rings. The average molecular weight is 473 g/mol. The van der Waals surface area contributed by atoms with Crippen molar-refractivity contribution in [3.63, 3.8) is 0 Å². The lowest BCUT2D eigenvalue weighted by Gasteiger charge is -2.36. The highest BCUT2D eigenvalue weighted by atomic mass is 35.5. The van der Waals surface area contributed by atoms with E-state index in [0.717, 1.165) is 12.8 Å². The van der Waals surface area contributed by atoms with Crippen molar-refractivity contribution in [1.29, 1.82) is 0 Å². The van der Waals surface area contributed by atoms with Gasteiger partial charge in [0.15, 0.2) is 0 Å². The molecule has 1 fully saturated rings. The number of nitrogens with one attached hydrogen (secondary N) is 1. The Morgan fingerprint density at radius 2 is 1.55 bits per heavy atom. The molecule has 0 saturated carbocycles. The van der Waals surface area contributed by atoms with Crippen LogP contribution in [0.15, 0.2) is 12.1 Å². The van der Waals surface area contributed by atoms with Gasteiger partial charge in [0.05, 0.1) is 11.1 Å². The zero-order valence-corrected chi connectivity index (χ0v) is 17.4. The molecule has 0 aromatic heterocycles. The Labute approximate surface area is 178 Å². The van der Waals surface area contributed by atoms with Crippen molar-refractivity contribution in [2.24, 2.45) is 0 Å². The number of alkyl halides is 6. The molecule has 1 saturated heterocycles. The third kappa shape index (κ3) is 7.45. The second kappa shape index (κ2) is 11.6. The molecule has 2 rings (SSSR count). The first-order valence-electron chi connectivity index (χ1n) is 8.98. The van der Waals surface area contributed by atoms with Gasteiger partial charge in [-0.1, -0.05) is 26.2 Å². The van der Waals surface area contributed by atoms with Crippen LogP contribution >= 0.6 is 24.8 Å². The Bertz CT molecular complexity index is 630. The van der Waals surface area contributed by atoms with Crippen LogP contribution in [0.3, 0.4) is 0 Å². The predicted molar refractivity (Wildman–Crippen MR) is 102 cm³/mol. The summed E-state index contributed by atoms with van der Waals surface area (Å²) in [6, 6.07) is -0.690. The average Bonchev–Trinajstić information content (AvgIpc) is 2.58. The smallest absolute Gasteiger partial charge is 0.314 e. The van der Waals surface area contributed by atoms with Crippen LogP contribution in [0.1, 0.15) is 55.3 Å². The molecule has 0 amide bonds. The van der Waals surface area contributed by atoms with Gasteiger partial charge in [-0.05, 0) is 18.6 Å². The topological polar surface area (TPSA) is 15.3 Å². The molecule has 1 aromatic carbocycles. The molecule has 1 heterocycles. The quantitative estimate of drug-likeness (QED) is 0.389. The highest BCUT2D eigenvalue weighted by molar-refractivity contribution is 5.85. The van der Waals surface area contributed by atoms with Gasteiger partial charge in [0.2, 0.25) is 0 Å². The van der Waals surface area contributed by atoms with Gasteiger partial charge in [-0.25, -0.2) is 4.39 Å². The molecule has 0 aliphatic carbocycles. The summed E-state index contributed by atoms with van der Waals surface area (Å²) >= 11 is 0. The fourth-order valence-electron chi connectivity index (χ4n) is 3.45. The van der Waals surface area contributed by atoms with Crippen molar-refractivity contribution >= 4 is 24.8 Å². The van der Waals surface area contributed by atoms with E-state index in [1.807, 2.05) is 6.92 Å². The fourth-order valence-corrected chi connectivity index (χ4v) is 3.45. The summed E-state index contributed by atoms with van der Waals surface area (Å²) in [5.41, 5.74) is -3.83. The molecule has 2 nitrogen and oxygen atoms in total. The molecule has 0 radical (unpaired) electrons. The van der Waals surface area contributed by atoms with Crippen molar-refractivity contribution in [3.8, 4) is 0 Å². The lowest BCUT2D eigenvalue weighted by molar-refractivity contribution is -0.144. The van der Waals surface area contributed by atoms with E-state index in [0.29, 0.717) is 32.6 Å². The SMILES string of the molecule is CCCCC[C@H](c1c(F)cc(C(F)(F)F)cc1C(F)(F)F)N1CCNCC1.Cl.Cl. The first kappa shape index (κ1) is 28.2. The molecule has 29 heavy (non-hydrogen) atoms. The van der Waals surface area contributed by atoms with Gasteiger partial charge in [-0.2, -0.15) is 26.3 Å². The summed E-state index contributed by atoms with van der Waals surface area (Å²) in [6.07, 6.45) is -7.70. The molecule has 1 N–H and O–H groups in total. The van der Waals surface area contributed by atoms with Crippen molar-refractivity contribution < 1.29 is 30.7 Å². The van der Waals surface area contributed by atoms with Gasteiger partial charge in [-0.3, -0.25) is 4.90 Å². The molecule has 1 aliphatic heterocycles. The van der Waals surface area contributed by atoms with E-state index in [4.69, 9.17) is 0 Å². The Morgan fingerprint density at radius 1 is 0.966 bits per heavy atom. The van der Waals surface area contributed by atoms with E-state index >= 15 is 0 Å². The second-order valence-corrected chi connectivity index (χ2v) is 6.71. The number of unbranched alkanes of at least 4 members (excludes halogenated alkanes) is 2. The Morgan fingerprint density at radius 3 is 2.03 bits per heavy atom. The minimum atomic E-state index is -5.07. The minimum Gasteiger partial charge on any atom is -0.314 e. The van der Waals surface area contributed by atoms with E-state index in [1.54, 1.807) is 4.90 Å². The molecule has 1 atom stereocenters. The van der Waals surface area contributed by atoms with Gasteiger partial charge in [0, 0.05) is 37.8 Å². The zero-order chi connectivity index (χ0) is 20.2. The summed E-state index contributed by atoms with van der Waals surface area (Å²) in [5, 5.41) is 3.07. The molecule has 0 unspecified atom stereocenters. The largest absolute Gasteiger partial charge is 0.416 e. The van der Waals surface area contributed by atoms with Crippen LogP contribution in [0, 0.1) is 5.82 Å². The van der Waals surface area contributed by atoms with Crippen molar-refractivity contribution in [1.82, 2.24) is 10.2 Å². The van der Waals surface area contributed by atoms with Gasteiger partial charge in [0.25, 0.3) is 0 Å². The summed E-state index contributed by atoms with van der Waals surface area (Å²) < 4.78 is 94.0. The third-order valence-electron chi connectivity index (χ3n) is 4.77. The van der Waals surface area contributed by atoms with Crippen LogP contribution in [0.25, 0.3) is 0 Å². The molecular weight excluding hydrogens is 448 g/mol. The number of hydrogen-bond donors (Lipinski definition) is 1. The van der Waals surface area contributed by atoms with E-state index in [2.05, 4.69) is 5.32 Å². The molecule has 0 spiro atoms. The van der Waals surface area contributed by atoms with Crippen LogP contribution in [0.4, 0.5) is 30.7 Å². The predicted octanol–water partition coefficient (Wildman–Crippen LogP) is 6.23. The summed E-state index contributed by atoms with van der Waals surface area (Å²) in [4.78, 5) is 1.73. The van der Waals surface area contributed by atoms with Crippen LogP contribution in [-0.4, -0.2) is 31.1 Å². The molecule has 170 valence electrons. The van der Waals surface area contributed by atoms with E-state index in [-0.39, 0.29) is 43.4 Å². The fraction of sp³-hybridized carbons (Fsp3) is 0.667. The van der Waals surface area contributed by atoms with Gasteiger partial charge < -0.3 is 5.32 Å². The van der Waals surface area contributed by atoms with Crippen molar-refractivity contribution in [3.05, 3.63) is 34.6 Å². The van der Waals surface area contributed by atoms with Crippen molar-refractivity contribution in [2.45, 2.75) is 51.0 Å². The van der Waals surface area contributed by atoms with Crippen LogP contribution in [0.2, 0.25) is 0 Å². The van der Waals surface area contributed by atoms with E-state index in [9.17, 15) is 30.7 Å².